The van der Waals surface area contributed by atoms with E-state index < -0.39 is 47.7 Å². The summed E-state index contributed by atoms with van der Waals surface area (Å²) in [6, 6.07) is 4.01. The van der Waals surface area contributed by atoms with E-state index in [1.165, 1.54) is 20.8 Å². The van der Waals surface area contributed by atoms with Crippen molar-refractivity contribution in [3.05, 3.63) is 38.1 Å². The van der Waals surface area contributed by atoms with E-state index in [1.54, 1.807) is 18.2 Å². The summed E-state index contributed by atoms with van der Waals surface area (Å²) in [6.45, 7) is 3.29. The summed E-state index contributed by atoms with van der Waals surface area (Å²) in [7, 11) is 0. The quantitative estimate of drug-likeness (QED) is 0.167. The molecule has 13 heteroatoms. The van der Waals surface area contributed by atoms with Gasteiger partial charge in [-0.25, -0.2) is 0 Å². The second kappa shape index (κ2) is 11.6. The van der Waals surface area contributed by atoms with Gasteiger partial charge >= 0.3 is 17.9 Å². The molecule has 0 N–H and O–H groups in total. The van der Waals surface area contributed by atoms with Crippen LogP contribution >= 0.6 is 39.3 Å². The minimum Gasteiger partial charge on any atom is -0.463 e. The van der Waals surface area contributed by atoms with Gasteiger partial charge in [-0.05, 0) is 23.7 Å². The van der Waals surface area contributed by atoms with Crippen molar-refractivity contribution in [2.24, 2.45) is 5.11 Å². The van der Waals surface area contributed by atoms with Crippen LogP contribution in [0.25, 0.3) is 10.4 Å². The van der Waals surface area contributed by atoms with Crippen molar-refractivity contribution in [2.45, 2.75) is 55.5 Å². The molecule has 1 aromatic carbocycles. The molecule has 10 nitrogen and oxygen atoms in total. The molecule has 2 rings (SSSR count). The number of carbonyl (C=O) groups is 3. The number of halogens is 2. The molecule has 0 aromatic heterocycles. The number of rotatable bonds is 7. The first kappa shape index (κ1) is 25.3. The van der Waals surface area contributed by atoms with E-state index in [4.69, 9.17) is 36.1 Å². The van der Waals surface area contributed by atoms with Gasteiger partial charge < -0.3 is 18.9 Å². The molecule has 0 radical (unpaired) electrons. The third kappa shape index (κ3) is 7.29. The van der Waals surface area contributed by atoms with E-state index in [0.29, 0.717) is 9.92 Å². The molecule has 168 valence electrons. The van der Waals surface area contributed by atoms with Gasteiger partial charge in [0.15, 0.2) is 0 Å². The molecular formula is C18H19BrClN3O7S. The van der Waals surface area contributed by atoms with Crippen LogP contribution in [0, 0.1) is 0 Å². The summed E-state index contributed by atoms with van der Waals surface area (Å²) in [4.78, 5) is 38.2. The van der Waals surface area contributed by atoms with Gasteiger partial charge in [-0.1, -0.05) is 44.4 Å². The fourth-order valence-corrected chi connectivity index (χ4v) is 4.80. The van der Waals surface area contributed by atoms with Crippen molar-refractivity contribution in [3.8, 4) is 0 Å². The van der Waals surface area contributed by atoms with Crippen molar-refractivity contribution < 1.29 is 33.3 Å². The van der Waals surface area contributed by atoms with Crippen molar-refractivity contribution in [2.75, 3.05) is 6.61 Å². The zero-order valence-corrected chi connectivity index (χ0v) is 19.8. The Labute approximate surface area is 195 Å². The number of ether oxygens (including phenoxy) is 4. The third-order valence-corrected chi connectivity index (χ3v) is 6.13. The fourth-order valence-electron chi connectivity index (χ4n) is 2.86. The topological polar surface area (TPSA) is 137 Å². The molecule has 1 aromatic rings. The van der Waals surface area contributed by atoms with E-state index in [2.05, 4.69) is 26.0 Å². The minimum absolute atomic E-state index is 0.277. The van der Waals surface area contributed by atoms with Gasteiger partial charge in [-0.3, -0.25) is 14.4 Å². The van der Waals surface area contributed by atoms with Crippen LogP contribution in [0.15, 0.2) is 32.7 Å². The number of esters is 3. The summed E-state index contributed by atoms with van der Waals surface area (Å²) in [5.74, 6) is -1.91. The number of thioether (sulfide) groups is 1. The molecule has 1 saturated heterocycles. The second-order valence-electron chi connectivity index (χ2n) is 6.38. The van der Waals surface area contributed by atoms with Gasteiger partial charge in [-0.15, -0.1) is 0 Å². The molecule has 0 amide bonds. The molecule has 1 aliphatic rings. The zero-order valence-electron chi connectivity index (χ0n) is 16.7. The highest BCUT2D eigenvalue weighted by Gasteiger charge is 2.50. The fraction of sp³-hybridized carbons (Fsp3) is 0.500. The van der Waals surface area contributed by atoms with Crippen LogP contribution in [0.1, 0.15) is 20.8 Å². The molecule has 0 aliphatic carbocycles. The highest BCUT2D eigenvalue weighted by molar-refractivity contribution is 9.10. The van der Waals surface area contributed by atoms with Gasteiger partial charge in [0.05, 0.1) is 5.02 Å². The number of benzene rings is 1. The molecule has 1 heterocycles. The van der Waals surface area contributed by atoms with Crippen LogP contribution in [0.5, 0.6) is 0 Å². The van der Waals surface area contributed by atoms with E-state index in [0.717, 1.165) is 16.2 Å². The van der Waals surface area contributed by atoms with Gasteiger partial charge in [0.25, 0.3) is 0 Å². The highest BCUT2D eigenvalue weighted by Crippen LogP contribution is 2.40. The first-order valence-corrected chi connectivity index (χ1v) is 11.0. The maximum Gasteiger partial charge on any atom is 0.303 e. The Hall–Kier alpha value is -1.98. The monoisotopic (exact) mass is 535 g/mol. The predicted octanol–water partition coefficient (Wildman–Crippen LogP) is 4.02. The molecule has 31 heavy (non-hydrogen) atoms. The van der Waals surface area contributed by atoms with Crippen molar-refractivity contribution >= 4 is 57.2 Å². The molecule has 1 aliphatic heterocycles. The standard InChI is InChI=1S/C18H19BrClN3O7S/c1-8(24)27-7-13-16(28-9(2)25)15(22-23-21)17(29-10(3)26)18(30-13)31-14-6-11(19)4-5-12(14)20/h4-6,13,15-18H,7H2,1-3H3/t13-,15+,16+,17-,18-/m1/s1. The normalized spacial score (nSPS) is 25.1. The van der Waals surface area contributed by atoms with Crippen molar-refractivity contribution in [1.29, 1.82) is 0 Å². The van der Waals surface area contributed by atoms with Crippen LogP contribution in [0.4, 0.5) is 0 Å². The molecular weight excluding hydrogens is 518 g/mol. The second-order valence-corrected chi connectivity index (χ2v) is 8.84. The molecule has 5 atom stereocenters. The molecule has 0 unspecified atom stereocenters. The number of hydrogen-bond acceptors (Lipinski definition) is 9. The van der Waals surface area contributed by atoms with Gasteiger partial charge in [-0.2, -0.15) is 0 Å². The Morgan fingerprint density at radius 3 is 2.42 bits per heavy atom. The van der Waals surface area contributed by atoms with Crippen molar-refractivity contribution in [3.63, 3.8) is 0 Å². The molecule has 0 bridgehead atoms. The Kier molecular flexibility index (Phi) is 9.45. The predicted molar refractivity (Wildman–Crippen MR) is 114 cm³/mol. The number of nitrogens with zero attached hydrogens (tertiary/aromatic N) is 3. The largest absolute Gasteiger partial charge is 0.463 e. The molecule has 1 fully saturated rings. The van der Waals surface area contributed by atoms with Crippen LogP contribution < -0.4 is 0 Å². The van der Waals surface area contributed by atoms with Crippen LogP contribution in [0.3, 0.4) is 0 Å². The molecule has 0 saturated carbocycles. The Bertz CT molecular complexity index is 899. The van der Waals surface area contributed by atoms with Crippen molar-refractivity contribution in [1.82, 2.24) is 0 Å². The van der Waals surface area contributed by atoms with Crippen LogP contribution in [0.2, 0.25) is 5.02 Å². The minimum atomic E-state index is -1.16. The van der Waals surface area contributed by atoms with Crippen LogP contribution in [-0.4, -0.2) is 54.3 Å². The number of carbonyl (C=O) groups excluding carboxylic acids is 3. The maximum absolute atomic E-state index is 11.8. The zero-order chi connectivity index (χ0) is 23.1. The summed E-state index contributed by atoms with van der Waals surface area (Å²) in [6.07, 6.45) is -3.27. The van der Waals surface area contributed by atoms with Gasteiger partial charge in [0, 0.05) is 35.1 Å². The smallest absolute Gasteiger partial charge is 0.303 e. The molecule has 0 spiro atoms. The lowest BCUT2D eigenvalue weighted by Gasteiger charge is -2.43. The maximum atomic E-state index is 11.8. The lowest BCUT2D eigenvalue weighted by atomic mass is 9.97. The number of azide groups is 1. The lowest BCUT2D eigenvalue weighted by molar-refractivity contribution is -0.201. The van der Waals surface area contributed by atoms with Crippen LogP contribution in [-0.2, 0) is 33.3 Å². The van der Waals surface area contributed by atoms with E-state index >= 15 is 0 Å². The summed E-state index contributed by atoms with van der Waals surface area (Å²) >= 11 is 10.8. The van der Waals surface area contributed by atoms with Gasteiger partial charge in [0.1, 0.15) is 36.4 Å². The average molecular weight is 537 g/mol. The van der Waals surface area contributed by atoms with Gasteiger partial charge in [0.2, 0.25) is 0 Å². The summed E-state index contributed by atoms with van der Waals surface area (Å²) < 4.78 is 22.5. The first-order chi connectivity index (χ1) is 14.6. The third-order valence-electron chi connectivity index (χ3n) is 3.99. The SMILES string of the molecule is CC(=O)OC[C@H]1O[C@H](Sc2cc(Br)ccc2Cl)[C@H](OC(C)=O)[C@@H](N=[N+]=[N-])[C@H]1OC(C)=O. The van der Waals surface area contributed by atoms with E-state index in [-0.39, 0.29) is 6.61 Å². The highest BCUT2D eigenvalue weighted by atomic mass is 79.9. The Morgan fingerprint density at radius 1 is 1.19 bits per heavy atom. The first-order valence-electron chi connectivity index (χ1n) is 8.91. The Morgan fingerprint density at radius 2 is 1.84 bits per heavy atom. The Balaban J connectivity index is 2.47. The lowest BCUT2D eigenvalue weighted by Crippen LogP contribution is -2.59. The van der Waals surface area contributed by atoms with E-state index in [1.807, 2.05) is 0 Å². The van der Waals surface area contributed by atoms with E-state index in [9.17, 15) is 14.4 Å². The summed E-state index contributed by atoms with van der Waals surface area (Å²) in [5.41, 5.74) is 8.18. The average Bonchev–Trinajstić information content (AvgIpc) is 2.67. The summed E-state index contributed by atoms with van der Waals surface area (Å²) in [5, 5.41) is 4.13. The number of hydrogen-bond donors (Lipinski definition) is 0.